The zero-order valence-electron chi connectivity index (χ0n) is 17.5. The van der Waals surface area contributed by atoms with Gasteiger partial charge in [0.05, 0.1) is 12.5 Å². The fourth-order valence-corrected chi connectivity index (χ4v) is 4.08. The highest BCUT2D eigenvalue weighted by atomic mass is 79.9. The fourth-order valence-electron chi connectivity index (χ4n) is 3.82. The first kappa shape index (κ1) is 21.2. The van der Waals surface area contributed by atoms with E-state index in [1.54, 1.807) is 4.52 Å². The van der Waals surface area contributed by atoms with Gasteiger partial charge in [-0.3, -0.25) is 9.59 Å². The van der Waals surface area contributed by atoms with E-state index in [0.717, 1.165) is 21.5 Å². The molecular weight excluding hydrogens is 462 g/mol. The number of aromatic nitrogens is 4. The Labute approximate surface area is 188 Å². The Kier molecular flexibility index (Phi) is 6.17. The van der Waals surface area contributed by atoms with Crippen LogP contribution < -0.4 is 10.2 Å². The van der Waals surface area contributed by atoms with Crippen LogP contribution in [0.15, 0.2) is 41.1 Å². The van der Waals surface area contributed by atoms with Gasteiger partial charge in [0.25, 0.3) is 5.78 Å². The number of carbonyl (C=O) groups is 2. The SMILES string of the molecule is CC(=O)NC(CC(=O)N1CCN(c2cc(C)nc3ncnn23)CC1)c1ccc(Br)cc1. The average Bonchev–Trinajstić information content (AvgIpc) is 3.21. The van der Waals surface area contributed by atoms with E-state index in [9.17, 15) is 9.59 Å². The predicted octanol–water partition coefficient (Wildman–Crippen LogP) is 2.11. The number of anilines is 1. The van der Waals surface area contributed by atoms with E-state index in [1.807, 2.05) is 42.2 Å². The number of nitrogens with one attached hydrogen (secondary N) is 1. The van der Waals surface area contributed by atoms with Crippen LogP contribution in [-0.4, -0.2) is 62.5 Å². The van der Waals surface area contributed by atoms with Crippen molar-refractivity contribution in [3.05, 3.63) is 52.4 Å². The van der Waals surface area contributed by atoms with Crippen molar-refractivity contribution in [1.82, 2.24) is 29.8 Å². The van der Waals surface area contributed by atoms with Crippen molar-refractivity contribution < 1.29 is 9.59 Å². The molecule has 1 N–H and O–H groups in total. The van der Waals surface area contributed by atoms with Gasteiger partial charge in [0.1, 0.15) is 12.1 Å². The molecule has 1 aliphatic rings. The van der Waals surface area contributed by atoms with Gasteiger partial charge in [-0.05, 0) is 24.6 Å². The summed E-state index contributed by atoms with van der Waals surface area (Å²) < 4.78 is 2.68. The standard InChI is InChI=1S/C21H24BrN7O2/c1-14-11-19(29-21(25-14)23-13-24-29)27-7-9-28(10-8-27)20(31)12-18(26-15(2)30)16-3-5-17(22)6-4-16/h3-6,11,13,18H,7-10,12H2,1-2H3,(H,26,30). The Hall–Kier alpha value is -3.01. The molecule has 3 aromatic rings. The summed E-state index contributed by atoms with van der Waals surface area (Å²) in [6.45, 7) is 5.98. The van der Waals surface area contributed by atoms with Crippen LogP contribution in [0.3, 0.4) is 0 Å². The molecule has 10 heteroatoms. The highest BCUT2D eigenvalue weighted by Crippen LogP contribution is 2.22. The number of piperazine rings is 1. The lowest BCUT2D eigenvalue weighted by atomic mass is 10.0. The molecule has 0 radical (unpaired) electrons. The number of halogens is 1. The summed E-state index contributed by atoms with van der Waals surface area (Å²) in [7, 11) is 0. The topological polar surface area (TPSA) is 95.7 Å². The molecule has 1 fully saturated rings. The summed E-state index contributed by atoms with van der Waals surface area (Å²) in [5, 5.41) is 7.18. The second-order valence-corrected chi connectivity index (χ2v) is 8.52. The van der Waals surface area contributed by atoms with Crippen molar-refractivity contribution in [3.8, 4) is 0 Å². The van der Waals surface area contributed by atoms with E-state index >= 15 is 0 Å². The monoisotopic (exact) mass is 485 g/mol. The van der Waals surface area contributed by atoms with Crippen LogP contribution >= 0.6 is 15.9 Å². The van der Waals surface area contributed by atoms with Crippen LogP contribution in [0.5, 0.6) is 0 Å². The average molecular weight is 486 g/mol. The van der Waals surface area contributed by atoms with E-state index in [4.69, 9.17) is 0 Å². The fraction of sp³-hybridized carbons (Fsp3) is 0.381. The smallest absolute Gasteiger partial charge is 0.254 e. The van der Waals surface area contributed by atoms with Gasteiger partial charge in [-0.25, -0.2) is 4.98 Å². The van der Waals surface area contributed by atoms with Crippen molar-refractivity contribution in [2.45, 2.75) is 26.3 Å². The molecule has 4 rings (SSSR count). The maximum atomic E-state index is 13.0. The van der Waals surface area contributed by atoms with E-state index in [2.05, 4.69) is 41.2 Å². The third-order valence-corrected chi connectivity index (χ3v) is 5.87. The van der Waals surface area contributed by atoms with Crippen molar-refractivity contribution in [2.24, 2.45) is 0 Å². The highest BCUT2D eigenvalue weighted by Gasteiger charge is 2.26. The van der Waals surface area contributed by atoms with Crippen molar-refractivity contribution >= 4 is 39.3 Å². The molecule has 31 heavy (non-hydrogen) atoms. The number of aryl methyl sites for hydroxylation is 1. The zero-order valence-corrected chi connectivity index (χ0v) is 19.0. The number of amides is 2. The summed E-state index contributed by atoms with van der Waals surface area (Å²) in [6, 6.07) is 9.30. The van der Waals surface area contributed by atoms with E-state index in [1.165, 1.54) is 13.3 Å². The number of hydrogen-bond donors (Lipinski definition) is 1. The van der Waals surface area contributed by atoms with Crippen LogP contribution in [0, 0.1) is 6.92 Å². The molecule has 0 bridgehead atoms. The second kappa shape index (κ2) is 9.01. The number of carbonyl (C=O) groups excluding carboxylic acids is 2. The quantitative estimate of drug-likeness (QED) is 0.594. The molecular formula is C21H24BrN7O2. The summed E-state index contributed by atoms with van der Waals surface area (Å²) >= 11 is 3.42. The second-order valence-electron chi connectivity index (χ2n) is 7.60. The largest absolute Gasteiger partial charge is 0.353 e. The molecule has 1 saturated heterocycles. The van der Waals surface area contributed by atoms with Crippen molar-refractivity contribution in [1.29, 1.82) is 0 Å². The van der Waals surface area contributed by atoms with Gasteiger partial charge in [0.2, 0.25) is 11.8 Å². The molecule has 0 aliphatic carbocycles. The van der Waals surface area contributed by atoms with Gasteiger partial charge in [0, 0.05) is 49.3 Å². The Morgan fingerprint density at radius 2 is 1.87 bits per heavy atom. The Bertz CT molecular complexity index is 1090. The Morgan fingerprint density at radius 1 is 1.16 bits per heavy atom. The van der Waals surface area contributed by atoms with Gasteiger partial charge < -0.3 is 15.1 Å². The first-order valence-corrected chi connectivity index (χ1v) is 10.9. The minimum absolute atomic E-state index is 0.0260. The lowest BCUT2D eigenvalue weighted by Crippen LogP contribution is -2.50. The number of nitrogens with zero attached hydrogens (tertiary/aromatic N) is 6. The Morgan fingerprint density at radius 3 is 2.55 bits per heavy atom. The van der Waals surface area contributed by atoms with Crippen LogP contribution in [0.25, 0.3) is 5.78 Å². The maximum Gasteiger partial charge on any atom is 0.254 e. The molecule has 9 nitrogen and oxygen atoms in total. The summed E-state index contributed by atoms with van der Waals surface area (Å²) in [4.78, 5) is 37.3. The molecule has 1 aromatic carbocycles. The molecule has 3 heterocycles. The molecule has 1 unspecified atom stereocenters. The molecule has 0 saturated carbocycles. The van der Waals surface area contributed by atoms with Crippen molar-refractivity contribution in [2.75, 3.05) is 31.1 Å². The number of hydrogen-bond acceptors (Lipinski definition) is 6. The van der Waals surface area contributed by atoms with E-state index in [-0.39, 0.29) is 24.3 Å². The Balaban J connectivity index is 1.42. The number of benzene rings is 1. The summed E-state index contributed by atoms with van der Waals surface area (Å²) in [6.07, 6.45) is 1.72. The van der Waals surface area contributed by atoms with Gasteiger partial charge in [-0.1, -0.05) is 28.1 Å². The van der Waals surface area contributed by atoms with Crippen LogP contribution in [-0.2, 0) is 9.59 Å². The highest BCUT2D eigenvalue weighted by molar-refractivity contribution is 9.10. The third kappa shape index (κ3) is 4.84. The first-order valence-electron chi connectivity index (χ1n) is 10.1. The molecule has 2 amide bonds. The molecule has 1 aliphatic heterocycles. The summed E-state index contributed by atoms with van der Waals surface area (Å²) in [5.74, 6) is 1.37. The molecule has 0 spiro atoms. The first-order chi connectivity index (χ1) is 14.9. The van der Waals surface area contributed by atoms with Crippen LogP contribution in [0.4, 0.5) is 5.82 Å². The van der Waals surface area contributed by atoms with Crippen LogP contribution in [0.2, 0.25) is 0 Å². The summed E-state index contributed by atoms with van der Waals surface area (Å²) in [5.41, 5.74) is 1.79. The minimum atomic E-state index is -0.353. The number of rotatable bonds is 5. The predicted molar refractivity (Wildman–Crippen MR) is 120 cm³/mol. The van der Waals surface area contributed by atoms with E-state index in [0.29, 0.717) is 32.0 Å². The third-order valence-electron chi connectivity index (χ3n) is 5.35. The minimum Gasteiger partial charge on any atom is -0.353 e. The number of fused-ring (bicyclic) bond motifs is 1. The molecule has 1 atom stereocenters. The molecule has 162 valence electrons. The maximum absolute atomic E-state index is 13.0. The zero-order chi connectivity index (χ0) is 22.0. The van der Waals surface area contributed by atoms with Gasteiger partial charge in [0.15, 0.2) is 0 Å². The van der Waals surface area contributed by atoms with E-state index < -0.39 is 0 Å². The lowest BCUT2D eigenvalue weighted by molar-refractivity contribution is -0.132. The lowest BCUT2D eigenvalue weighted by Gasteiger charge is -2.36. The normalized spacial score (nSPS) is 15.2. The van der Waals surface area contributed by atoms with Gasteiger partial charge >= 0.3 is 0 Å². The van der Waals surface area contributed by atoms with Crippen molar-refractivity contribution in [3.63, 3.8) is 0 Å². The van der Waals surface area contributed by atoms with Gasteiger partial charge in [-0.2, -0.15) is 14.6 Å². The van der Waals surface area contributed by atoms with Crippen LogP contribution in [0.1, 0.15) is 30.6 Å². The van der Waals surface area contributed by atoms with Gasteiger partial charge in [-0.15, -0.1) is 0 Å². The molecule has 2 aromatic heterocycles.